The fraction of sp³-hybridized carbons (Fsp3) is 0.368. The standard InChI is InChI=1S/C19H23N3O/c1-12-8-7-11-18(20-12)21-19-13(2)14(3)22(15(4)23)17-10-6-5-9-16(17)19/h5-11,13-14,19H,1-4H3,(H,20,21)/t13-,14-,19+/m0/s1. The van der Waals surface area contributed by atoms with Crippen molar-refractivity contribution < 1.29 is 4.79 Å². The van der Waals surface area contributed by atoms with Crippen molar-refractivity contribution in [1.82, 2.24) is 4.98 Å². The summed E-state index contributed by atoms with van der Waals surface area (Å²) in [4.78, 5) is 18.6. The zero-order valence-corrected chi connectivity index (χ0v) is 14.1. The van der Waals surface area contributed by atoms with Crippen LogP contribution in [0.5, 0.6) is 0 Å². The van der Waals surface area contributed by atoms with Gasteiger partial charge in [0.15, 0.2) is 0 Å². The number of carbonyl (C=O) groups excluding carboxylic acids is 1. The van der Waals surface area contributed by atoms with Crippen LogP contribution in [0.3, 0.4) is 0 Å². The molecule has 1 N–H and O–H groups in total. The fourth-order valence-corrected chi connectivity index (χ4v) is 3.43. The Morgan fingerprint density at radius 3 is 2.57 bits per heavy atom. The van der Waals surface area contributed by atoms with Crippen LogP contribution in [-0.4, -0.2) is 16.9 Å². The smallest absolute Gasteiger partial charge is 0.224 e. The Kier molecular flexibility index (Phi) is 4.07. The molecule has 1 aliphatic rings. The number of pyridine rings is 1. The maximum atomic E-state index is 12.1. The second kappa shape index (κ2) is 6.03. The average Bonchev–Trinajstić information content (AvgIpc) is 2.51. The number of hydrogen-bond acceptors (Lipinski definition) is 3. The third kappa shape index (κ3) is 2.81. The van der Waals surface area contributed by atoms with Gasteiger partial charge in [0, 0.05) is 30.3 Å². The maximum absolute atomic E-state index is 12.1. The third-order valence-corrected chi connectivity index (χ3v) is 4.76. The van der Waals surface area contributed by atoms with Gasteiger partial charge in [-0.15, -0.1) is 0 Å². The van der Waals surface area contributed by atoms with E-state index < -0.39 is 0 Å². The molecule has 4 nitrogen and oxygen atoms in total. The minimum atomic E-state index is 0.0870. The lowest BCUT2D eigenvalue weighted by Crippen LogP contribution is -2.48. The van der Waals surface area contributed by atoms with E-state index in [9.17, 15) is 4.79 Å². The van der Waals surface area contributed by atoms with E-state index >= 15 is 0 Å². The van der Waals surface area contributed by atoms with Gasteiger partial charge in [-0.05, 0) is 37.6 Å². The molecule has 1 aliphatic heterocycles. The Morgan fingerprint density at radius 2 is 1.87 bits per heavy atom. The number of hydrogen-bond donors (Lipinski definition) is 1. The summed E-state index contributed by atoms with van der Waals surface area (Å²) in [7, 11) is 0. The molecule has 2 aromatic rings. The molecule has 0 radical (unpaired) electrons. The molecule has 1 aromatic carbocycles. The van der Waals surface area contributed by atoms with Crippen LogP contribution in [0.15, 0.2) is 42.5 Å². The summed E-state index contributed by atoms with van der Waals surface area (Å²) in [6, 6.07) is 14.4. The molecule has 120 valence electrons. The van der Waals surface area contributed by atoms with E-state index in [1.165, 1.54) is 0 Å². The Hall–Kier alpha value is -2.36. The molecule has 0 bridgehead atoms. The molecular weight excluding hydrogens is 286 g/mol. The summed E-state index contributed by atoms with van der Waals surface area (Å²) in [6.45, 7) is 7.92. The number of para-hydroxylation sites is 1. The first kappa shape index (κ1) is 15.5. The van der Waals surface area contributed by atoms with E-state index in [-0.39, 0.29) is 23.9 Å². The normalized spacial score (nSPS) is 23.3. The van der Waals surface area contributed by atoms with Crippen molar-refractivity contribution in [2.75, 3.05) is 10.2 Å². The number of nitrogens with zero attached hydrogens (tertiary/aromatic N) is 2. The molecule has 23 heavy (non-hydrogen) atoms. The van der Waals surface area contributed by atoms with Crippen LogP contribution in [-0.2, 0) is 4.79 Å². The topological polar surface area (TPSA) is 45.2 Å². The molecule has 2 heterocycles. The van der Waals surface area contributed by atoms with Gasteiger partial charge in [0.25, 0.3) is 0 Å². The van der Waals surface area contributed by atoms with Crippen molar-refractivity contribution in [3.05, 3.63) is 53.7 Å². The minimum absolute atomic E-state index is 0.0870. The predicted molar refractivity (Wildman–Crippen MR) is 93.6 cm³/mol. The first-order valence-electron chi connectivity index (χ1n) is 8.08. The summed E-state index contributed by atoms with van der Waals surface area (Å²) < 4.78 is 0. The molecular formula is C19H23N3O. The molecule has 0 saturated heterocycles. The van der Waals surface area contributed by atoms with Crippen molar-refractivity contribution >= 4 is 17.4 Å². The van der Waals surface area contributed by atoms with Crippen LogP contribution in [0.4, 0.5) is 11.5 Å². The van der Waals surface area contributed by atoms with Gasteiger partial charge in [-0.25, -0.2) is 4.98 Å². The molecule has 0 saturated carbocycles. The summed E-state index contributed by atoms with van der Waals surface area (Å²) in [5, 5.41) is 3.57. The van der Waals surface area contributed by atoms with E-state index in [4.69, 9.17) is 0 Å². The lowest BCUT2D eigenvalue weighted by molar-refractivity contribution is -0.117. The Labute approximate surface area is 137 Å². The molecule has 1 aromatic heterocycles. The Morgan fingerprint density at radius 1 is 1.13 bits per heavy atom. The van der Waals surface area contributed by atoms with Gasteiger partial charge in [-0.1, -0.05) is 31.2 Å². The van der Waals surface area contributed by atoms with Crippen molar-refractivity contribution in [2.45, 2.75) is 39.8 Å². The molecule has 0 spiro atoms. The van der Waals surface area contributed by atoms with Crippen molar-refractivity contribution in [2.24, 2.45) is 5.92 Å². The number of fused-ring (bicyclic) bond motifs is 1. The lowest BCUT2D eigenvalue weighted by Gasteiger charge is -2.44. The van der Waals surface area contributed by atoms with Crippen LogP contribution >= 0.6 is 0 Å². The highest BCUT2D eigenvalue weighted by atomic mass is 16.2. The summed E-state index contributed by atoms with van der Waals surface area (Å²) in [6.07, 6.45) is 0. The second-order valence-electron chi connectivity index (χ2n) is 6.33. The van der Waals surface area contributed by atoms with Crippen LogP contribution in [0.25, 0.3) is 0 Å². The lowest BCUT2D eigenvalue weighted by atomic mass is 9.83. The van der Waals surface area contributed by atoms with Gasteiger partial charge in [-0.3, -0.25) is 4.79 Å². The first-order valence-corrected chi connectivity index (χ1v) is 8.08. The van der Waals surface area contributed by atoms with Crippen molar-refractivity contribution in [1.29, 1.82) is 0 Å². The fourth-order valence-electron chi connectivity index (χ4n) is 3.43. The number of rotatable bonds is 2. The summed E-state index contributed by atoms with van der Waals surface area (Å²) in [5.74, 6) is 1.24. The number of carbonyl (C=O) groups is 1. The van der Waals surface area contributed by atoms with Gasteiger partial charge < -0.3 is 10.2 Å². The Bertz CT molecular complexity index is 728. The maximum Gasteiger partial charge on any atom is 0.224 e. The van der Waals surface area contributed by atoms with Crippen LogP contribution in [0.1, 0.15) is 38.1 Å². The number of anilines is 2. The Balaban J connectivity index is 2.03. The first-order chi connectivity index (χ1) is 11.0. The molecule has 0 fully saturated rings. The molecule has 0 aliphatic carbocycles. The number of aromatic nitrogens is 1. The molecule has 0 unspecified atom stereocenters. The number of benzene rings is 1. The van der Waals surface area contributed by atoms with Gasteiger partial charge in [0.1, 0.15) is 5.82 Å². The summed E-state index contributed by atoms with van der Waals surface area (Å²) >= 11 is 0. The van der Waals surface area contributed by atoms with E-state index in [2.05, 4.69) is 30.2 Å². The highest BCUT2D eigenvalue weighted by molar-refractivity contribution is 5.93. The highest BCUT2D eigenvalue weighted by Gasteiger charge is 2.37. The zero-order valence-electron chi connectivity index (χ0n) is 14.1. The van der Waals surface area contributed by atoms with Gasteiger partial charge in [0.2, 0.25) is 5.91 Å². The van der Waals surface area contributed by atoms with E-state index in [1.807, 2.05) is 48.2 Å². The van der Waals surface area contributed by atoms with Crippen LogP contribution in [0.2, 0.25) is 0 Å². The monoisotopic (exact) mass is 309 g/mol. The molecule has 1 amide bonds. The van der Waals surface area contributed by atoms with Gasteiger partial charge in [0.05, 0.1) is 6.04 Å². The third-order valence-electron chi connectivity index (χ3n) is 4.76. The SMILES string of the molecule is CC(=O)N1c2ccccc2[C@H](Nc2cccc(C)n2)[C@@H](C)[C@@H]1C. The van der Waals surface area contributed by atoms with Gasteiger partial charge >= 0.3 is 0 Å². The predicted octanol–water partition coefficient (Wildman–Crippen LogP) is 3.93. The van der Waals surface area contributed by atoms with Gasteiger partial charge in [-0.2, -0.15) is 0 Å². The van der Waals surface area contributed by atoms with Crippen LogP contribution < -0.4 is 10.2 Å². The van der Waals surface area contributed by atoms with Crippen molar-refractivity contribution in [3.63, 3.8) is 0 Å². The van der Waals surface area contributed by atoms with Crippen molar-refractivity contribution in [3.8, 4) is 0 Å². The number of amides is 1. The molecule has 3 atom stereocenters. The largest absolute Gasteiger partial charge is 0.363 e. The minimum Gasteiger partial charge on any atom is -0.363 e. The molecule has 4 heteroatoms. The van der Waals surface area contributed by atoms with Crippen LogP contribution in [0, 0.1) is 12.8 Å². The van der Waals surface area contributed by atoms with E-state index in [0.717, 1.165) is 22.8 Å². The number of aryl methyl sites for hydroxylation is 1. The second-order valence-corrected chi connectivity index (χ2v) is 6.33. The number of nitrogens with one attached hydrogen (secondary N) is 1. The van der Waals surface area contributed by atoms with E-state index in [1.54, 1.807) is 6.92 Å². The summed E-state index contributed by atoms with van der Waals surface area (Å²) in [5.41, 5.74) is 3.14. The van der Waals surface area contributed by atoms with E-state index in [0.29, 0.717) is 0 Å². The average molecular weight is 309 g/mol. The quantitative estimate of drug-likeness (QED) is 0.914. The molecule has 3 rings (SSSR count). The highest BCUT2D eigenvalue weighted by Crippen LogP contribution is 2.42. The zero-order chi connectivity index (χ0) is 16.6.